The van der Waals surface area contributed by atoms with Crippen molar-refractivity contribution in [1.82, 2.24) is 10.3 Å². The van der Waals surface area contributed by atoms with Gasteiger partial charge >= 0.3 is 0 Å². The fraction of sp³-hybridized carbons (Fsp3) is 0.636. The molecule has 0 aliphatic heterocycles. The molecule has 0 radical (unpaired) electrons. The van der Waals surface area contributed by atoms with Crippen LogP contribution in [0.25, 0.3) is 0 Å². The number of nitrogens with one attached hydrogen (secondary N) is 1. The number of amides is 1. The number of carbonyl (C=O) groups excluding carboxylic acids is 1. The summed E-state index contributed by atoms with van der Waals surface area (Å²) >= 11 is 1.12. The number of aromatic nitrogens is 1. The lowest BCUT2D eigenvalue weighted by Gasteiger charge is -2.22. The number of aliphatic hydroxyl groups is 1. The molecule has 0 fully saturated rings. The number of nitrogens with zero attached hydrogens (tertiary/aromatic N) is 1. The van der Waals surface area contributed by atoms with E-state index in [2.05, 4.69) is 10.3 Å². The monoisotopic (exact) mass is 273 g/mol. The molecule has 6 nitrogen and oxygen atoms in total. The van der Waals surface area contributed by atoms with Crippen molar-refractivity contribution in [1.29, 1.82) is 0 Å². The number of carbonyl (C=O) groups is 1. The summed E-state index contributed by atoms with van der Waals surface area (Å²) in [5, 5.41) is 12.9. The van der Waals surface area contributed by atoms with Crippen LogP contribution in [0.5, 0.6) is 5.88 Å². The van der Waals surface area contributed by atoms with Crippen molar-refractivity contribution in [3.63, 3.8) is 0 Å². The molecule has 0 aliphatic carbocycles. The van der Waals surface area contributed by atoms with E-state index in [1.54, 1.807) is 0 Å². The highest BCUT2D eigenvalue weighted by Crippen LogP contribution is 2.20. The average molecular weight is 273 g/mol. The minimum atomic E-state index is -0.674. The fourth-order valence-corrected chi connectivity index (χ4v) is 1.74. The zero-order valence-electron chi connectivity index (χ0n) is 10.8. The van der Waals surface area contributed by atoms with E-state index >= 15 is 0 Å². The van der Waals surface area contributed by atoms with E-state index in [1.165, 1.54) is 5.51 Å². The minimum Gasteiger partial charge on any atom is -0.474 e. The van der Waals surface area contributed by atoms with Gasteiger partial charge in [0, 0.05) is 12.1 Å². The molecule has 1 atom stereocenters. The van der Waals surface area contributed by atoms with Gasteiger partial charge in [-0.15, -0.1) is 11.3 Å². The number of β-amino-alcohol motifs (C(OH)–C–C–N with tert-alkyl or cyclic N) is 1. The second-order valence-corrected chi connectivity index (χ2v) is 5.80. The van der Waals surface area contributed by atoms with Crippen LogP contribution >= 0.6 is 11.3 Å². The number of ether oxygens (including phenoxy) is 1. The third kappa shape index (κ3) is 4.99. The van der Waals surface area contributed by atoms with Crippen molar-refractivity contribution < 1.29 is 14.6 Å². The molecule has 7 heteroatoms. The largest absolute Gasteiger partial charge is 0.474 e. The Bertz CT molecular complexity index is 400. The lowest BCUT2D eigenvalue weighted by molar-refractivity contribution is 0.0935. The number of rotatable bonds is 6. The Morgan fingerprint density at radius 3 is 2.89 bits per heavy atom. The predicted octanol–water partition coefficient (Wildman–Crippen LogP) is 0.370. The molecule has 18 heavy (non-hydrogen) atoms. The molecule has 0 spiro atoms. The van der Waals surface area contributed by atoms with Crippen molar-refractivity contribution >= 4 is 17.2 Å². The first-order valence-electron chi connectivity index (χ1n) is 5.59. The molecular weight excluding hydrogens is 254 g/mol. The molecule has 1 heterocycles. The Labute approximate surface area is 110 Å². The minimum absolute atomic E-state index is 0.0626. The standard InChI is InChI=1S/C11H19N3O3S/c1-11(2,3)14-4-7(15)5-17-10-8(9(12)16)18-6-13-10/h6-7,14-15H,4-5H2,1-3H3,(H2,12,16)/t7-/m0/s1. The maximum Gasteiger partial charge on any atom is 0.264 e. The first-order valence-corrected chi connectivity index (χ1v) is 6.47. The second kappa shape index (κ2) is 6.12. The molecule has 1 aromatic heterocycles. The molecular formula is C11H19N3O3S. The summed E-state index contributed by atoms with van der Waals surface area (Å²) in [5.74, 6) is -0.392. The van der Waals surface area contributed by atoms with E-state index in [-0.39, 0.29) is 22.9 Å². The van der Waals surface area contributed by atoms with E-state index in [1.807, 2.05) is 20.8 Å². The summed E-state index contributed by atoms with van der Waals surface area (Å²) in [5.41, 5.74) is 6.57. The lowest BCUT2D eigenvalue weighted by atomic mass is 10.1. The summed E-state index contributed by atoms with van der Waals surface area (Å²) in [4.78, 5) is 15.2. The highest BCUT2D eigenvalue weighted by molar-refractivity contribution is 7.12. The fourth-order valence-electron chi connectivity index (χ4n) is 1.16. The van der Waals surface area contributed by atoms with E-state index in [0.717, 1.165) is 11.3 Å². The van der Waals surface area contributed by atoms with Gasteiger partial charge in [0.25, 0.3) is 5.91 Å². The molecule has 0 bridgehead atoms. The maximum absolute atomic E-state index is 11.0. The van der Waals surface area contributed by atoms with Crippen molar-refractivity contribution in [3.05, 3.63) is 10.4 Å². The quantitative estimate of drug-likeness (QED) is 0.695. The predicted molar refractivity (Wildman–Crippen MR) is 69.9 cm³/mol. The average Bonchev–Trinajstić information content (AvgIpc) is 2.70. The molecule has 4 N–H and O–H groups in total. The van der Waals surface area contributed by atoms with Crippen molar-refractivity contribution in [2.24, 2.45) is 5.73 Å². The van der Waals surface area contributed by atoms with Gasteiger partial charge in [-0.25, -0.2) is 4.98 Å². The van der Waals surface area contributed by atoms with Crippen LogP contribution < -0.4 is 15.8 Å². The van der Waals surface area contributed by atoms with Gasteiger partial charge in [-0.1, -0.05) is 0 Å². The Hall–Kier alpha value is -1.18. The van der Waals surface area contributed by atoms with Crippen LogP contribution in [0.1, 0.15) is 30.4 Å². The SMILES string of the molecule is CC(C)(C)NC[C@H](O)COc1ncsc1C(N)=O. The van der Waals surface area contributed by atoms with Gasteiger partial charge in [0.2, 0.25) is 5.88 Å². The van der Waals surface area contributed by atoms with Gasteiger partial charge in [0.05, 0.1) is 5.51 Å². The number of hydrogen-bond donors (Lipinski definition) is 3. The molecule has 0 unspecified atom stereocenters. The van der Waals surface area contributed by atoms with Crippen molar-refractivity contribution in [2.45, 2.75) is 32.4 Å². The normalized spacial score (nSPS) is 13.3. The zero-order chi connectivity index (χ0) is 13.8. The van der Waals surface area contributed by atoms with Crippen LogP contribution in [-0.2, 0) is 0 Å². The van der Waals surface area contributed by atoms with Gasteiger partial charge in [0.15, 0.2) is 4.88 Å². The Morgan fingerprint density at radius 1 is 1.67 bits per heavy atom. The van der Waals surface area contributed by atoms with E-state index in [9.17, 15) is 9.90 Å². The van der Waals surface area contributed by atoms with Crippen molar-refractivity contribution in [2.75, 3.05) is 13.2 Å². The molecule has 0 saturated carbocycles. The number of hydrogen-bond acceptors (Lipinski definition) is 6. The number of primary amides is 1. The summed E-state index contributed by atoms with van der Waals surface area (Å²) in [6.45, 7) is 6.48. The summed E-state index contributed by atoms with van der Waals surface area (Å²) < 4.78 is 5.27. The molecule has 0 aliphatic rings. The van der Waals surface area contributed by atoms with E-state index in [4.69, 9.17) is 10.5 Å². The summed E-state index contributed by atoms with van der Waals surface area (Å²) in [6.07, 6.45) is -0.674. The highest BCUT2D eigenvalue weighted by Gasteiger charge is 2.16. The van der Waals surface area contributed by atoms with Crippen LogP contribution in [0, 0.1) is 0 Å². The van der Waals surface area contributed by atoms with Gasteiger partial charge in [0.1, 0.15) is 12.7 Å². The van der Waals surface area contributed by atoms with E-state index in [0.29, 0.717) is 6.54 Å². The Morgan fingerprint density at radius 2 is 2.33 bits per heavy atom. The molecule has 1 amide bonds. The molecule has 0 aromatic carbocycles. The number of thiazole rings is 1. The first kappa shape index (κ1) is 14.9. The highest BCUT2D eigenvalue weighted by atomic mass is 32.1. The third-order valence-corrected chi connectivity index (χ3v) is 2.86. The molecule has 0 saturated heterocycles. The topological polar surface area (TPSA) is 97.5 Å². The lowest BCUT2D eigenvalue weighted by Crippen LogP contribution is -2.42. The number of nitrogens with two attached hydrogens (primary N) is 1. The van der Waals surface area contributed by atoms with Crippen LogP contribution in [-0.4, -0.2) is 40.8 Å². The third-order valence-electron chi connectivity index (χ3n) is 2.04. The summed E-state index contributed by atoms with van der Waals surface area (Å²) in [6, 6.07) is 0. The second-order valence-electron chi connectivity index (χ2n) is 4.95. The first-order chi connectivity index (χ1) is 8.29. The Kier molecular flexibility index (Phi) is 5.06. The number of aliphatic hydroxyl groups excluding tert-OH is 1. The summed E-state index contributed by atoms with van der Waals surface area (Å²) in [7, 11) is 0. The van der Waals surface area contributed by atoms with Crippen molar-refractivity contribution in [3.8, 4) is 5.88 Å². The molecule has 1 rings (SSSR count). The smallest absolute Gasteiger partial charge is 0.264 e. The van der Waals surface area contributed by atoms with Gasteiger partial charge in [-0.05, 0) is 20.8 Å². The molecule has 1 aromatic rings. The van der Waals surface area contributed by atoms with Gasteiger partial charge in [-0.3, -0.25) is 4.79 Å². The zero-order valence-corrected chi connectivity index (χ0v) is 11.6. The van der Waals surface area contributed by atoms with Crippen LogP contribution in [0.3, 0.4) is 0 Å². The van der Waals surface area contributed by atoms with Gasteiger partial charge in [-0.2, -0.15) is 0 Å². The van der Waals surface area contributed by atoms with E-state index < -0.39 is 12.0 Å². The molecule has 102 valence electrons. The van der Waals surface area contributed by atoms with Gasteiger partial charge < -0.3 is 20.9 Å². The van der Waals surface area contributed by atoms with Crippen LogP contribution in [0.15, 0.2) is 5.51 Å². The van der Waals surface area contributed by atoms with Crippen LogP contribution in [0.4, 0.5) is 0 Å². The van der Waals surface area contributed by atoms with Crippen LogP contribution in [0.2, 0.25) is 0 Å². The maximum atomic E-state index is 11.0. The Balaban J connectivity index is 2.40.